The molecule has 0 fully saturated rings. The van der Waals surface area contributed by atoms with E-state index in [4.69, 9.17) is 4.74 Å². The summed E-state index contributed by atoms with van der Waals surface area (Å²) >= 11 is 0. The fourth-order valence-corrected chi connectivity index (χ4v) is 3.36. The van der Waals surface area contributed by atoms with Crippen LogP contribution in [0.25, 0.3) is 10.8 Å². The van der Waals surface area contributed by atoms with Crippen molar-refractivity contribution in [3.05, 3.63) is 77.4 Å². The molecule has 0 saturated carbocycles. The molecule has 1 N–H and O–H groups in total. The normalized spacial score (nSPS) is 16.6. The SMILES string of the molecule is O=C(O)c1ccccc1[C@@H]1CCc2c(ccc3ccccc23)O1. The molecule has 0 aliphatic carbocycles. The Morgan fingerprint density at radius 1 is 1.00 bits per heavy atom. The number of ether oxygens (including phenoxy) is 1. The van der Waals surface area contributed by atoms with Gasteiger partial charge in [-0.3, -0.25) is 0 Å². The average molecular weight is 304 g/mol. The minimum atomic E-state index is -0.909. The van der Waals surface area contributed by atoms with Gasteiger partial charge in [0.05, 0.1) is 5.56 Å². The van der Waals surface area contributed by atoms with Gasteiger partial charge in [-0.15, -0.1) is 0 Å². The maximum atomic E-state index is 11.4. The van der Waals surface area contributed by atoms with Gasteiger partial charge in [-0.25, -0.2) is 4.79 Å². The predicted molar refractivity (Wildman–Crippen MR) is 89.0 cm³/mol. The zero-order chi connectivity index (χ0) is 15.8. The van der Waals surface area contributed by atoms with Crippen LogP contribution in [-0.4, -0.2) is 11.1 Å². The van der Waals surface area contributed by atoms with Crippen molar-refractivity contribution in [2.75, 3.05) is 0 Å². The number of carboxylic acid groups (broad SMARTS) is 1. The lowest BCUT2D eigenvalue weighted by molar-refractivity contribution is 0.0689. The van der Waals surface area contributed by atoms with Crippen molar-refractivity contribution >= 4 is 16.7 Å². The fourth-order valence-electron chi connectivity index (χ4n) is 3.36. The largest absolute Gasteiger partial charge is 0.485 e. The summed E-state index contributed by atoms with van der Waals surface area (Å²) in [5, 5.41) is 11.8. The average Bonchev–Trinajstić information content (AvgIpc) is 2.61. The van der Waals surface area contributed by atoms with E-state index in [1.165, 1.54) is 16.3 Å². The molecule has 0 saturated heterocycles. The zero-order valence-corrected chi connectivity index (χ0v) is 12.5. The summed E-state index contributed by atoms with van der Waals surface area (Å²) in [6.45, 7) is 0. The first kappa shape index (κ1) is 13.8. The minimum absolute atomic E-state index is 0.212. The highest BCUT2D eigenvalue weighted by Gasteiger charge is 2.26. The number of rotatable bonds is 2. The second-order valence-electron chi connectivity index (χ2n) is 5.80. The monoisotopic (exact) mass is 304 g/mol. The van der Waals surface area contributed by atoms with Crippen LogP contribution in [0.15, 0.2) is 60.7 Å². The molecule has 114 valence electrons. The fraction of sp³-hybridized carbons (Fsp3) is 0.150. The van der Waals surface area contributed by atoms with Gasteiger partial charge in [-0.2, -0.15) is 0 Å². The van der Waals surface area contributed by atoms with Gasteiger partial charge in [0.25, 0.3) is 0 Å². The number of carboxylic acids is 1. The van der Waals surface area contributed by atoms with Crippen LogP contribution in [-0.2, 0) is 6.42 Å². The standard InChI is InChI=1S/C20H16O3/c21-20(22)17-8-4-3-7-15(17)19-12-10-16-14-6-2-1-5-13(14)9-11-18(16)23-19/h1-9,11,19H,10,12H2,(H,21,22)/t19-/m0/s1. The van der Waals surface area contributed by atoms with E-state index in [9.17, 15) is 9.90 Å². The van der Waals surface area contributed by atoms with Gasteiger partial charge in [0.2, 0.25) is 0 Å². The number of carbonyl (C=O) groups is 1. The maximum absolute atomic E-state index is 11.4. The molecular weight excluding hydrogens is 288 g/mol. The zero-order valence-electron chi connectivity index (χ0n) is 12.5. The van der Waals surface area contributed by atoms with Gasteiger partial charge < -0.3 is 9.84 Å². The molecule has 3 nitrogen and oxygen atoms in total. The van der Waals surface area contributed by atoms with E-state index in [0.29, 0.717) is 5.56 Å². The first-order valence-electron chi connectivity index (χ1n) is 7.73. The Morgan fingerprint density at radius 3 is 2.65 bits per heavy atom. The van der Waals surface area contributed by atoms with Crippen molar-refractivity contribution in [3.63, 3.8) is 0 Å². The van der Waals surface area contributed by atoms with Crippen LogP contribution >= 0.6 is 0 Å². The van der Waals surface area contributed by atoms with Gasteiger partial charge in [0, 0.05) is 11.1 Å². The summed E-state index contributed by atoms with van der Waals surface area (Å²) in [6, 6.07) is 19.4. The third-order valence-corrected chi connectivity index (χ3v) is 4.46. The molecule has 0 aromatic heterocycles. The highest BCUT2D eigenvalue weighted by Crippen LogP contribution is 2.39. The number of hydrogen-bond acceptors (Lipinski definition) is 2. The van der Waals surface area contributed by atoms with E-state index in [2.05, 4.69) is 18.2 Å². The first-order chi connectivity index (χ1) is 11.2. The number of benzene rings is 3. The lowest BCUT2D eigenvalue weighted by Crippen LogP contribution is -2.18. The summed E-state index contributed by atoms with van der Waals surface area (Å²) in [5.41, 5.74) is 2.28. The maximum Gasteiger partial charge on any atom is 0.336 e. The third-order valence-electron chi connectivity index (χ3n) is 4.46. The van der Waals surface area contributed by atoms with Crippen LogP contribution in [0.2, 0.25) is 0 Å². The molecule has 0 unspecified atom stereocenters. The lowest BCUT2D eigenvalue weighted by Gasteiger charge is -2.28. The first-order valence-corrected chi connectivity index (χ1v) is 7.73. The Kier molecular flexibility index (Phi) is 3.27. The Morgan fingerprint density at radius 2 is 1.78 bits per heavy atom. The van der Waals surface area contributed by atoms with Crippen molar-refractivity contribution in [1.82, 2.24) is 0 Å². The Hall–Kier alpha value is -2.81. The molecule has 1 aliphatic heterocycles. The smallest absolute Gasteiger partial charge is 0.336 e. The van der Waals surface area contributed by atoms with Crippen LogP contribution < -0.4 is 4.74 Å². The third kappa shape index (κ3) is 2.34. The van der Waals surface area contributed by atoms with E-state index >= 15 is 0 Å². The summed E-state index contributed by atoms with van der Waals surface area (Å²) in [6.07, 6.45) is 1.46. The van der Waals surface area contributed by atoms with Crippen molar-refractivity contribution in [1.29, 1.82) is 0 Å². The quantitative estimate of drug-likeness (QED) is 0.752. The highest BCUT2D eigenvalue weighted by atomic mass is 16.5. The van der Waals surface area contributed by atoms with Crippen molar-refractivity contribution < 1.29 is 14.6 Å². The molecule has 0 amide bonds. The number of fused-ring (bicyclic) bond motifs is 3. The second-order valence-corrected chi connectivity index (χ2v) is 5.80. The number of hydrogen-bond donors (Lipinski definition) is 1. The van der Waals surface area contributed by atoms with Crippen LogP contribution in [0.4, 0.5) is 0 Å². The van der Waals surface area contributed by atoms with Crippen LogP contribution in [0, 0.1) is 0 Å². The number of aromatic carboxylic acids is 1. The lowest BCUT2D eigenvalue weighted by atomic mass is 9.92. The van der Waals surface area contributed by atoms with Crippen LogP contribution in [0.5, 0.6) is 5.75 Å². The topological polar surface area (TPSA) is 46.5 Å². The van der Waals surface area contributed by atoms with E-state index in [1.807, 2.05) is 30.3 Å². The molecule has 4 rings (SSSR count). The molecular formula is C20H16O3. The molecule has 3 aromatic carbocycles. The molecule has 3 aromatic rings. The highest BCUT2D eigenvalue weighted by molar-refractivity contribution is 5.90. The van der Waals surface area contributed by atoms with Gasteiger partial charge >= 0.3 is 5.97 Å². The predicted octanol–water partition coefficient (Wildman–Crippen LogP) is 4.60. The molecule has 1 heterocycles. The van der Waals surface area contributed by atoms with E-state index in [1.54, 1.807) is 12.1 Å². The van der Waals surface area contributed by atoms with E-state index in [0.717, 1.165) is 24.2 Å². The minimum Gasteiger partial charge on any atom is -0.485 e. The Balaban J connectivity index is 1.75. The molecule has 3 heteroatoms. The van der Waals surface area contributed by atoms with Crippen LogP contribution in [0.1, 0.15) is 34.0 Å². The van der Waals surface area contributed by atoms with Crippen molar-refractivity contribution in [2.45, 2.75) is 18.9 Å². The van der Waals surface area contributed by atoms with Gasteiger partial charge in [-0.1, -0.05) is 48.5 Å². The van der Waals surface area contributed by atoms with Gasteiger partial charge in [-0.05, 0) is 35.7 Å². The number of aryl methyl sites for hydroxylation is 1. The molecule has 1 aliphatic rings. The Bertz CT molecular complexity index is 898. The van der Waals surface area contributed by atoms with Crippen LogP contribution in [0.3, 0.4) is 0 Å². The molecule has 0 bridgehead atoms. The summed E-state index contributed by atoms with van der Waals surface area (Å²) in [5.74, 6) is -0.0475. The Labute approximate surface area is 134 Å². The van der Waals surface area contributed by atoms with Crippen molar-refractivity contribution in [3.8, 4) is 5.75 Å². The van der Waals surface area contributed by atoms with E-state index < -0.39 is 5.97 Å². The van der Waals surface area contributed by atoms with Crippen molar-refractivity contribution in [2.24, 2.45) is 0 Å². The molecule has 0 radical (unpaired) electrons. The summed E-state index contributed by atoms with van der Waals surface area (Å²) in [7, 11) is 0. The second kappa shape index (κ2) is 5.43. The summed E-state index contributed by atoms with van der Waals surface area (Å²) in [4.78, 5) is 11.4. The van der Waals surface area contributed by atoms with Gasteiger partial charge in [0.15, 0.2) is 0 Å². The van der Waals surface area contributed by atoms with E-state index in [-0.39, 0.29) is 6.10 Å². The summed E-state index contributed by atoms with van der Waals surface area (Å²) < 4.78 is 6.15. The molecule has 1 atom stereocenters. The molecule has 0 spiro atoms. The van der Waals surface area contributed by atoms with Gasteiger partial charge in [0.1, 0.15) is 11.9 Å². The molecule has 23 heavy (non-hydrogen) atoms.